The normalized spacial score (nSPS) is 18.7. The van der Waals surface area contributed by atoms with E-state index in [1.54, 1.807) is 25.1 Å². The number of benzene rings is 1. The minimum Gasteiger partial charge on any atom is -0.457 e. The van der Waals surface area contributed by atoms with Gasteiger partial charge in [-0.05, 0) is 18.6 Å². The quantitative estimate of drug-likeness (QED) is 0.235. The minimum atomic E-state index is -1.81. The molecule has 2 N–H and O–H groups in total. The number of carbonyl (C=O) groups excluding carboxylic acids is 2. The van der Waals surface area contributed by atoms with Gasteiger partial charge in [0.1, 0.15) is 6.61 Å². The first-order valence-electron chi connectivity index (χ1n) is 11.6. The fourth-order valence-electron chi connectivity index (χ4n) is 5.16. The number of nitrogens with zero attached hydrogens (tertiary/aromatic N) is 3. The van der Waals surface area contributed by atoms with Crippen LogP contribution in [-0.4, -0.2) is 39.8 Å². The third-order valence-electron chi connectivity index (χ3n) is 6.91. The highest BCUT2D eigenvalue weighted by atomic mass is 16.7. The van der Waals surface area contributed by atoms with Crippen molar-refractivity contribution in [3.05, 3.63) is 55.4 Å². The summed E-state index contributed by atoms with van der Waals surface area (Å²) in [6.45, 7) is 1.36. The molecule has 0 unspecified atom stereocenters. The third kappa shape index (κ3) is 3.13. The number of rotatable bonds is 5. The number of carbonyl (C=O) groups is 2. The Hall–Kier alpha value is -4.52. The van der Waals surface area contributed by atoms with Gasteiger partial charge in [-0.25, -0.2) is 9.78 Å². The van der Waals surface area contributed by atoms with Crippen molar-refractivity contribution < 1.29 is 33.5 Å². The van der Waals surface area contributed by atoms with Crippen LogP contribution in [-0.2, 0) is 37.8 Å². The molecular formula is C24H20N4O9. The number of ether oxygens (including phenoxy) is 4. The summed E-state index contributed by atoms with van der Waals surface area (Å²) in [5, 5.41) is 12.1. The van der Waals surface area contributed by atoms with Gasteiger partial charge in [0.2, 0.25) is 18.1 Å². The van der Waals surface area contributed by atoms with E-state index in [1.807, 2.05) is 0 Å². The van der Waals surface area contributed by atoms with E-state index in [-0.39, 0.29) is 78.5 Å². The Morgan fingerprint density at radius 3 is 2.81 bits per heavy atom. The molecule has 0 saturated heterocycles. The maximum atomic E-state index is 13.6. The molecule has 6 rings (SSSR count). The fraction of sp³-hybridized carbons (Fsp3) is 0.333. The van der Waals surface area contributed by atoms with Gasteiger partial charge in [0.25, 0.3) is 5.56 Å². The van der Waals surface area contributed by atoms with Crippen molar-refractivity contribution in [2.75, 3.05) is 13.3 Å². The van der Waals surface area contributed by atoms with E-state index < -0.39 is 28.0 Å². The number of hydrogen-bond acceptors (Lipinski definition) is 11. The van der Waals surface area contributed by atoms with Gasteiger partial charge >= 0.3 is 17.6 Å². The number of nitro benzene ring substituents is 1. The highest BCUT2D eigenvalue weighted by Gasteiger charge is 2.50. The first-order valence-corrected chi connectivity index (χ1v) is 11.6. The number of fused-ring (bicyclic) bond motifs is 6. The summed E-state index contributed by atoms with van der Waals surface area (Å²) in [5.74, 6) is -1.23. The first-order chi connectivity index (χ1) is 17.8. The molecule has 0 fully saturated rings. The van der Waals surface area contributed by atoms with E-state index in [1.165, 1.54) is 4.57 Å². The minimum absolute atomic E-state index is 0.0301. The van der Waals surface area contributed by atoms with E-state index in [0.29, 0.717) is 17.0 Å². The van der Waals surface area contributed by atoms with Crippen LogP contribution in [0.2, 0.25) is 0 Å². The predicted octanol–water partition coefficient (Wildman–Crippen LogP) is 1.62. The van der Waals surface area contributed by atoms with Gasteiger partial charge in [-0.3, -0.25) is 19.7 Å². The van der Waals surface area contributed by atoms with Gasteiger partial charge in [-0.15, -0.1) is 0 Å². The van der Waals surface area contributed by atoms with Crippen LogP contribution >= 0.6 is 0 Å². The van der Waals surface area contributed by atoms with E-state index >= 15 is 0 Å². The van der Waals surface area contributed by atoms with Gasteiger partial charge in [-0.2, -0.15) is 0 Å². The van der Waals surface area contributed by atoms with Crippen molar-refractivity contribution in [2.24, 2.45) is 5.73 Å². The summed E-state index contributed by atoms with van der Waals surface area (Å²) < 4.78 is 23.0. The van der Waals surface area contributed by atoms with Crippen molar-refractivity contribution in [2.45, 2.75) is 38.5 Å². The maximum absolute atomic E-state index is 13.6. The molecule has 2 aromatic heterocycles. The van der Waals surface area contributed by atoms with Gasteiger partial charge in [0.15, 0.2) is 5.75 Å². The van der Waals surface area contributed by atoms with Gasteiger partial charge < -0.3 is 29.2 Å². The Labute approximate surface area is 207 Å². The van der Waals surface area contributed by atoms with Crippen LogP contribution in [0.5, 0.6) is 11.5 Å². The van der Waals surface area contributed by atoms with Crippen LogP contribution in [0.15, 0.2) is 23.0 Å². The summed E-state index contributed by atoms with van der Waals surface area (Å²) in [5.41, 5.74) is 5.05. The summed E-state index contributed by atoms with van der Waals surface area (Å²) >= 11 is 0. The molecule has 13 heteroatoms. The molecule has 3 aliphatic rings. The summed E-state index contributed by atoms with van der Waals surface area (Å²) in [6, 6.07) is 4.77. The lowest BCUT2D eigenvalue weighted by Gasteiger charge is -2.35. The lowest BCUT2D eigenvalue weighted by atomic mass is 9.85. The van der Waals surface area contributed by atoms with E-state index in [0.717, 1.165) is 0 Å². The van der Waals surface area contributed by atoms with Gasteiger partial charge in [-0.1, -0.05) is 6.92 Å². The zero-order valence-electron chi connectivity index (χ0n) is 19.6. The van der Waals surface area contributed by atoms with E-state index in [4.69, 9.17) is 24.7 Å². The molecule has 0 radical (unpaired) electrons. The second-order valence-electron chi connectivity index (χ2n) is 8.86. The summed E-state index contributed by atoms with van der Waals surface area (Å²) in [4.78, 5) is 54.9. The van der Waals surface area contributed by atoms with Crippen LogP contribution in [0.25, 0.3) is 22.3 Å². The monoisotopic (exact) mass is 508 g/mol. The average Bonchev–Trinajstić information content (AvgIpc) is 3.47. The highest BCUT2D eigenvalue weighted by molar-refractivity contribution is 5.96. The Morgan fingerprint density at radius 1 is 1.27 bits per heavy atom. The van der Waals surface area contributed by atoms with Crippen LogP contribution in [0.3, 0.4) is 0 Å². The molecule has 0 spiro atoms. The number of pyridine rings is 2. The Bertz CT molecular complexity index is 1610. The zero-order chi connectivity index (χ0) is 26.1. The van der Waals surface area contributed by atoms with Crippen molar-refractivity contribution >= 4 is 28.5 Å². The standard InChI is InChI=1S/C24H20N4O9/c1-2-24(37-18(29)3-4-25)14-6-16-19-11(8-27(16)22(30)13(14)9-34-23(24)31)5-12-15(26-19)7-17-21(36-10-35-17)20(12)28(32)33/h5-7H,2-4,8-10,25H2,1H3/t24-/m1/s1. The number of nitro groups is 1. The van der Waals surface area contributed by atoms with Crippen molar-refractivity contribution in [1.82, 2.24) is 9.55 Å². The second-order valence-corrected chi connectivity index (χ2v) is 8.86. The number of esters is 2. The van der Waals surface area contributed by atoms with Crippen LogP contribution in [0.1, 0.15) is 36.5 Å². The zero-order valence-corrected chi connectivity index (χ0v) is 19.6. The fourth-order valence-corrected chi connectivity index (χ4v) is 5.16. The van der Waals surface area contributed by atoms with Crippen LogP contribution in [0.4, 0.5) is 5.69 Å². The molecule has 0 aliphatic carbocycles. The molecule has 0 amide bonds. The lowest BCUT2D eigenvalue weighted by molar-refractivity contribution is -0.383. The smallest absolute Gasteiger partial charge is 0.355 e. The number of aromatic nitrogens is 2. The molecule has 5 heterocycles. The Balaban J connectivity index is 1.57. The maximum Gasteiger partial charge on any atom is 0.355 e. The molecule has 1 aromatic carbocycles. The molecule has 0 saturated carbocycles. The summed E-state index contributed by atoms with van der Waals surface area (Å²) in [6.07, 6.45) is -0.0781. The van der Waals surface area contributed by atoms with Crippen LogP contribution in [0, 0.1) is 10.1 Å². The Kier molecular flexibility index (Phi) is 4.95. The molecule has 3 aromatic rings. The van der Waals surface area contributed by atoms with Crippen molar-refractivity contribution in [3.8, 4) is 22.9 Å². The first kappa shape index (κ1) is 22.9. The molecule has 37 heavy (non-hydrogen) atoms. The van der Waals surface area contributed by atoms with E-state index in [9.17, 15) is 24.5 Å². The molecule has 1 atom stereocenters. The average molecular weight is 508 g/mol. The number of cyclic esters (lactones) is 1. The van der Waals surface area contributed by atoms with Gasteiger partial charge in [0, 0.05) is 23.7 Å². The third-order valence-corrected chi connectivity index (χ3v) is 6.91. The second kappa shape index (κ2) is 8.00. The molecule has 0 bridgehead atoms. The number of hydrogen-bond donors (Lipinski definition) is 1. The largest absolute Gasteiger partial charge is 0.457 e. The highest BCUT2D eigenvalue weighted by Crippen LogP contribution is 2.47. The topological polar surface area (TPSA) is 175 Å². The molecule has 190 valence electrons. The molecule has 3 aliphatic heterocycles. The van der Waals surface area contributed by atoms with E-state index in [2.05, 4.69) is 4.98 Å². The summed E-state index contributed by atoms with van der Waals surface area (Å²) in [7, 11) is 0. The van der Waals surface area contributed by atoms with Crippen LogP contribution < -0.4 is 20.8 Å². The molecular weight excluding hydrogens is 488 g/mol. The predicted molar refractivity (Wildman–Crippen MR) is 125 cm³/mol. The van der Waals surface area contributed by atoms with Crippen molar-refractivity contribution in [1.29, 1.82) is 0 Å². The lowest BCUT2D eigenvalue weighted by Crippen LogP contribution is -2.47. The molecule has 13 nitrogen and oxygen atoms in total. The van der Waals surface area contributed by atoms with Crippen molar-refractivity contribution in [3.63, 3.8) is 0 Å². The Morgan fingerprint density at radius 2 is 2.08 bits per heavy atom. The SMILES string of the molecule is CC[C@]1(OC(=O)CCN)C(=O)OCc2c1cc1n(c2=O)Cc2cc3c([N+](=O)[O-])c4c(cc3nc2-1)OCO4. The number of nitrogens with two attached hydrogens (primary N) is 1. The van der Waals surface area contributed by atoms with Gasteiger partial charge in [0.05, 0.1) is 45.7 Å².